The number of carbonyl (C=O) groups excluding carboxylic acids is 1. The Morgan fingerprint density at radius 2 is 1.87 bits per heavy atom. The van der Waals surface area contributed by atoms with E-state index in [4.69, 9.17) is 0 Å². The monoisotopic (exact) mass is 351 g/mol. The van der Waals surface area contributed by atoms with E-state index in [1.807, 2.05) is 25.7 Å². The van der Waals surface area contributed by atoms with Crippen LogP contribution in [0.3, 0.4) is 0 Å². The number of nitrogens with zero attached hydrogens (tertiary/aromatic N) is 5. The van der Waals surface area contributed by atoms with E-state index in [-0.39, 0.29) is 5.91 Å². The molecule has 6 nitrogen and oxygen atoms in total. The van der Waals surface area contributed by atoms with E-state index in [1.165, 1.54) is 11.3 Å². The van der Waals surface area contributed by atoms with Gasteiger partial charge in [-0.25, -0.2) is 4.98 Å². The number of aryl methyl sites for hydroxylation is 3. The third-order valence-electron chi connectivity index (χ3n) is 3.90. The molecule has 1 amide bonds. The summed E-state index contributed by atoms with van der Waals surface area (Å²) < 4.78 is 0. The molecule has 0 bridgehead atoms. The summed E-state index contributed by atoms with van der Waals surface area (Å²) >= 11 is 3.14. The minimum atomic E-state index is 0.127. The van der Waals surface area contributed by atoms with Crippen molar-refractivity contribution in [1.82, 2.24) is 25.0 Å². The quantitative estimate of drug-likeness (QED) is 0.849. The molecule has 1 aliphatic rings. The summed E-state index contributed by atoms with van der Waals surface area (Å²) in [7, 11) is 0. The van der Waals surface area contributed by atoms with Crippen LogP contribution in [0.5, 0.6) is 0 Å². The van der Waals surface area contributed by atoms with Crippen LogP contribution in [-0.2, 0) is 6.54 Å². The van der Waals surface area contributed by atoms with Crippen LogP contribution in [-0.4, -0.2) is 57.1 Å². The van der Waals surface area contributed by atoms with Crippen molar-refractivity contribution in [3.05, 3.63) is 25.6 Å². The number of hydrogen-bond acceptors (Lipinski definition) is 7. The molecule has 3 heterocycles. The highest BCUT2D eigenvalue weighted by atomic mass is 32.1. The summed E-state index contributed by atoms with van der Waals surface area (Å²) in [6, 6.07) is 0. The molecule has 1 aliphatic heterocycles. The highest BCUT2D eigenvalue weighted by Gasteiger charge is 2.23. The molecule has 0 N–H and O–H groups in total. The maximum atomic E-state index is 12.7. The normalized spacial score (nSPS) is 16.6. The Kier molecular flexibility index (Phi) is 5.03. The van der Waals surface area contributed by atoms with Crippen LogP contribution in [0.2, 0.25) is 0 Å². The topological polar surface area (TPSA) is 62.2 Å². The number of amides is 1. The summed E-state index contributed by atoms with van der Waals surface area (Å²) in [6.07, 6.45) is 0.986. The fourth-order valence-electron chi connectivity index (χ4n) is 2.80. The summed E-state index contributed by atoms with van der Waals surface area (Å²) in [4.78, 5) is 22.2. The van der Waals surface area contributed by atoms with E-state index in [0.29, 0.717) is 0 Å². The Hall–Kier alpha value is -1.38. The van der Waals surface area contributed by atoms with Gasteiger partial charge >= 0.3 is 0 Å². The van der Waals surface area contributed by atoms with E-state index in [1.54, 1.807) is 11.3 Å². The maximum absolute atomic E-state index is 12.7. The van der Waals surface area contributed by atoms with Crippen molar-refractivity contribution < 1.29 is 4.79 Å². The van der Waals surface area contributed by atoms with Gasteiger partial charge < -0.3 is 4.90 Å². The van der Waals surface area contributed by atoms with Gasteiger partial charge in [-0.2, -0.15) is 0 Å². The second kappa shape index (κ2) is 7.02. The summed E-state index contributed by atoms with van der Waals surface area (Å²) in [6.45, 7) is 10.1. The van der Waals surface area contributed by atoms with Crippen LogP contribution in [0.15, 0.2) is 0 Å². The molecule has 1 saturated heterocycles. The zero-order valence-electron chi connectivity index (χ0n) is 13.7. The van der Waals surface area contributed by atoms with Gasteiger partial charge in [-0.3, -0.25) is 9.69 Å². The molecular weight excluding hydrogens is 330 g/mol. The molecule has 0 aromatic carbocycles. The number of carbonyl (C=O) groups is 1. The first kappa shape index (κ1) is 16.5. The average molecular weight is 352 g/mol. The summed E-state index contributed by atoms with van der Waals surface area (Å²) in [5, 5.41) is 11.3. The third kappa shape index (κ3) is 3.94. The van der Waals surface area contributed by atoms with Crippen LogP contribution in [0.25, 0.3) is 0 Å². The van der Waals surface area contributed by atoms with Crippen molar-refractivity contribution in [2.75, 3.05) is 26.2 Å². The Balaban J connectivity index is 1.62. The van der Waals surface area contributed by atoms with Crippen LogP contribution >= 0.6 is 22.7 Å². The first-order valence-electron chi connectivity index (χ1n) is 7.77. The lowest BCUT2D eigenvalue weighted by Crippen LogP contribution is -2.35. The van der Waals surface area contributed by atoms with E-state index in [9.17, 15) is 4.79 Å². The fraction of sp³-hybridized carbons (Fsp3) is 0.600. The lowest BCUT2D eigenvalue weighted by Gasteiger charge is -2.21. The molecule has 124 valence electrons. The van der Waals surface area contributed by atoms with Crippen molar-refractivity contribution in [1.29, 1.82) is 0 Å². The van der Waals surface area contributed by atoms with Gasteiger partial charge in [0.1, 0.15) is 14.9 Å². The summed E-state index contributed by atoms with van der Waals surface area (Å²) in [5.41, 5.74) is 0.850. The van der Waals surface area contributed by atoms with Crippen LogP contribution in [0, 0.1) is 20.8 Å². The van der Waals surface area contributed by atoms with Crippen molar-refractivity contribution >= 4 is 28.6 Å². The molecule has 3 rings (SSSR count). The predicted molar refractivity (Wildman–Crippen MR) is 92.0 cm³/mol. The molecule has 0 aliphatic carbocycles. The Bertz CT molecular complexity index is 696. The number of aromatic nitrogens is 3. The van der Waals surface area contributed by atoms with Gasteiger partial charge in [0.15, 0.2) is 0 Å². The Labute approximate surface area is 144 Å². The largest absolute Gasteiger partial charge is 0.337 e. The van der Waals surface area contributed by atoms with Gasteiger partial charge in [0, 0.05) is 26.2 Å². The Morgan fingerprint density at radius 3 is 2.52 bits per heavy atom. The molecule has 0 atom stereocenters. The first-order chi connectivity index (χ1) is 11.0. The van der Waals surface area contributed by atoms with Crippen molar-refractivity contribution in [3.63, 3.8) is 0 Å². The Morgan fingerprint density at radius 1 is 1.04 bits per heavy atom. The zero-order chi connectivity index (χ0) is 16.4. The molecule has 2 aromatic heterocycles. The van der Waals surface area contributed by atoms with Gasteiger partial charge in [-0.15, -0.1) is 32.9 Å². The molecule has 0 radical (unpaired) electrons. The summed E-state index contributed by atoms with van der Waals surface area (Å²) in [5.74, 6) is 0.127. The average Bonchev–Trinajstić information content (AvgIpc) is 2.96. The number of hydrogen-bond donors (Lipinski definition) is 0. The third-order valence-corrected chi connectivity index (χ3v) is 5.78. The second-order valence-electron chi connectivity index (χ2n) is 5.78. The van der Waals surface area contributed by atoms with E-state index in [2.05, 4.69) is 20.1 Å². The highest BCUT2D eigenvalue weighted by Crippen LogP contribution is 2.20. The minimum Gasteiger partial charge on any atom is -0.337 e. The fourth-order valence-corrected chi connectivity index (χ4v) is 4.44. The van der Waals surface area contributed by atoms with E-state index >= 15 is 0 Å². The van der Waals surface area contributed by atoms with Gasteiger partial charge in [-0.1, -0.05) is 0 Å². The zero-order valence-corrected chi connectivity index (χ0v) is 15.3. The van der Waals surface area contributed by atoms with Gasteiger partial charge in [0.25, 0.3) is 5.91 Å². The number of rotatable bonds is 3. The molecule has 0 spiro atoms. The predicted octanol–water partition coefficient (Wildman–Crippen LogP) is 2.27. The van der Waals surface area contributed by atoms with Crippen LogP contribution in [0.1, 0.15) is 36.8 Å². The highest BCUT2D eigenvalue weighted by molar-refractivity contribution is 7.13. The lowest BCUT2D eigenvalue weighted by atomic mass is 10.3. The SMILES string of the molecule is Cc1nnc(CN2CCCN(C(=O)c3sc(C)nc3C)CC2)s1. The molecular formula is C15H21N5OS2. The molecule has 2 aromatic rings. The molecule has 1 fully saturated rings. The lowest BCUT2D eigenvalue weighted by molar-refractivity contribution is 0.0765. The van der Waals surface area contributed by atoms with Crippen molar-refractivity contribution in [2.45, 2.75) is 33.7 Å². The van der Waals surface area contributed by atoms with Crippen molar-refractivity contribution in [2.24, 2.45) is 0 Å². The molecule has 8 heteroatoms. The van der Waals surface area contributed by atoms with Crippen molar-refractivity contribution in [3.8, 4) is 0 Å². The second-order valence-corrected chi connectivity index (χ2v) is 8.25. The maximum Gasteiger partial charge on any atom is 0.265 e. The number of thiazole rings is 1. The van der Waals surface area contributed by atoms with E-state index < -0.39 is 0 Å². The van der Waals surface area contributed by atoms with Gasteiger partial charge in [0.05, 0.1) is 17.2 Å². The molecule has 23 heavy (non-hydrogen) atoms. The van der Waals surface area contributed by atoms with Gasteiger partial charge in [-0.05, 0) is 27.2 Å². The van der Waals surface area contributed by atoms with Gasteiger partial charge in [0.2, 0.25) is 0 Å². The molecule has 0 saturated carbocycles. The van der Waals surface area contributed by atoms with Crippen LogP contribution in [0.4, 0.5) is 0 Å². The smallest absolute Gasteiger partial charge is 0.265 e. The first-order valence-corrected chi connectivity index (χ1v) is 9.41. The minimum absolute atomic E-state index is 0.127. The van der Waals surface area contributed by atoms with E-state index in [0.717, 1.165) is 64.7 Å². The molecule has 0 unspecified atom stereocenters. The van der Waals surface area contributed by atoms with Crippen LogP contribution < -0.4 is 0 Å². The standard InChI is InChI=1S/C15H21N5OS2/c1-10-14(23-11(2)16-10)15(21)20-6-4-5-19(7-8-20)9-13-18-17-12(3)22-13/h4-9H2,1-3H3.